The smallest absolute Gasteiger partial charge is 0.410 e. The lowest BCUT2D eigenvalue weighted by molar-refractivity contribution is -0.124. The van der Waals surface area contributed by atoms with Crippen LogP contribution in [0.3, 0.4) is 0 Å². The number of nitrogens with one attached hydrogen (secondary N) is 1. The van der Waals surface area contributed by atoms with Crippen molar-refractivity contribution in [1.29, 1.82) is 0 Å². The predicted molar refractivity (Wildman–Crippen MR) is 74.7 cm³/mol. The number of amides is 2. The second kappa shape index (κ2) is 6.93. The summed E-state index contributed by atoms with van der Waals surface area (Å²) in [6.07, 6.45) is 1.05. The molecule has 1 aliphatic rings. The molecular weight excluding hydrogens is 256 g/mol. The van der Waals surface area contributed by atoms with E-state index in [1.807, 2.05) is 30.3 Å². The van der Waals surface area contributed by atoms with Gasteiger partial charge in [-0.1, -0.05) is 30.3 Å². The zero-order valence-corrected chi connectivity index (χ0v) is 11.4. The highest BCUT2D eigenvalue weighted by molar-refractivity contribution is 5.86. The summed E-state index contributed by atoms with van der Waals surface area (Å²) >= 11 is 0. The molecule has 2 rings (SSSR count). The molecule has 5 heteroatoms. The van der Waals surface area contributed by atoms with Gasteiger partial charge in [-0.2, -0.15) is 0 Å². The summed E-state index contributed by atoms with van der Waals surface area (Å²) in [5, 5.41) is 2.65. The molecule has 5 nitrogen and oxygen atoms in total. The Bertz CT molecular complexity index is 461. The summed E-state index contributed by atoms with van der Waals surface area (Å²) in [5.41, 5.74) is 0.929. The average molecular weight is 275 g/mol. The largest absolute Gasteiger partial charge is 0.445 e. The first kappa shape index (κ1) is 14.4. The van der Waals surface area contributed by atoms with Crippen molar-refractivity contribution >= 4 is 12.0 Å². The van der Waals surface area contributed by atoms with Crippen LogP contribution in [0.4, 0.5) is 4.79 Å². The van der Waals surface area contributed by atoms with Crippen molar-refractivity contribution in [2.75, 3.05) is 13.1 Å². The fourth-order valence-corrected chi connectivity index (χ4v) is 2.30. The van der Waals surface area contributed by atoms with Gasteiger partial charge in [-0.05, 0) is 25.3 Å². The van der Waals surface area contributed by atoms with E-state index in [1.54, 1.807) is 0 Å². The molecule has 1 aromatic rings. The lowest BCUT2D eigenvalue weighted by Gasteiger charge is -2.23. The van der Waals surface area contributed by atoms with Gasteiger partial charge in [0.25, 0.3) is 0 Å². The van der Waals surface area contributed by atoms with Crippen molar-refractivity contribution in [1.82, 2.24) is 10.2 Å². The number of hydrogen-bond acceptors (Lipinski definition) is 3. The van der Waals surface area contributed by atoms with Gasteiger partial charge in [0.15, 0.2) is 0 Å². The fourth-order valence-electron chi connectivity index (χ4n) is 2.30. The van der Waals surface area contributed by atoms with Crippen molar-refractivity contribution in [3.05, 3.63) is 42.8 Å². The lowest BCUT2D eigenvalue weighted by Crippen LogP contribution is -2.46. The summed E-state index contributed by atoms with van der Waals surface area (Å²) in [4.78, 5) is 25.4. The van der Waals surface area contributed by atoms with Crippen molar-refractivity contribution in [3.8, 4) is 0 Å². The minimum absolute atomic E-state index is 0.158. The molecular formula is C15H19N2O3. The van der Waals surface area contributed by atoms with Gasteiger partial charge >= 0.3 is 6.09 Å². The molecule has 1 heterocycles. The van der Waals surface area contributed by atoms with Crippen molar-refractivity contribution in [2.45, 2.75) is 25.5 Å². The number of ether oxygens (including phenoxy) is 1. The Morgan fingerprint density at radius 3 is 2.80 bits per heavy atom. The molecule has 1 radical (unpaired) electrons. The summed E-state index contributed by atoms with van der Waals surface area (Å²) in [7, 11) is 0. The number of carbonyl (C=O) groups is 2. The highest BCUT2D eigenvalue weighted by Gasteiger charge is 2.34. The van der Waals surface area contributed by atoms with E-state index < -0.39 is 12.1 Å². The molecule has 0 bridgehead atoms. The van der Waals surface area contributed by atoms with E-state index >= 15 is 0 Å². The van der Waals surface area contributed by atoms with Crippen LogP contribution in [0, 0.1) is 6.92 Å². The molecule has 20 heavy (non-hydrogen) atoms. The van der Waals surface area contributed by atoms with E-state index in [0.29, 0.717) is 19.5 Å². The molecule has 0 aliphatic carbocycles. The highest BCUT2D eigenvalue weighted by atomic mass is 16.6. The number of rotatable bonds is 4. The van der Waals surface area contributed by atoms with E-state index in [4.69, 9.17) is 4.74 Å². The first-order chi connectivity index (χ1) is 9.72. The van der Waals surface area contributed by atoms with Gasteiger partial charge in [0.2, 0.25) is 5.91 Å². The molecule has 0 spiro atoms. The molecule has 1 fully saturated rings. The molecule has 1 aliphatic heterocycles. The molecule has 0 unspecified atom stereocenters. The van der Waals surface area contributed by atoms with Gasteiger partial charge in [0.1, 0.15) is 12.6 Å². The van der Waals surface area contributed by atoms with Crippen molar-refractivity contribution in [2.24, 2.45) is 0 Å². The van der Waals surface area contributed by atoms with Gasteiger partial charge in [-0.25, -0.2) is 4.79 Å². The average Bonchev–Trinajstić information content (AvgIpc) is 2.96. The second-order valence-electron chi connectivity index (χ2n) is 4.68. The third kappa shape index (κ3) is 3.50. The summed E-state index contributed by atoms with van der Waals surface area (Å²) in [6, 6.07) is 9.05. The Hall–Kier alpha value is -2.04. The fraction of sp³-hybridized carbons (Fsp3) is 0.400. The Morgan fingerprint density at radius 1 is 1.35 bits per heavy atom. The van der Waals surface area contributed by atoms with Crippen LogP contribution >= 0.6 is 0 Å². The summed E-state index contributed by atoms with van der Waals surface area (Å²) in [5.74, 6) is -0.158. The lowest BCUT2D eigenvalue weighted by atomic mass is 10.2. The number of carbonyl (C=O) groups excluding carboxylic acids is 2. The third-order valence-corrected chi connectivity index (χ3v) is 3.29. The zero-order valence-electron chi connectivity index (χ0n) is 11.4. The Labute approximate surface area is 118 Å². The molecule has 1 N–H and O–H groups in total. The SMILES string of the molecule is [CH2]CNC(=O)[C@@H]1CCCN1C(=O)OCc1ccccc1. The van der Waals surface area contributed by atoms with Crippen LogP contribution in [-0.4, -0.2) is 36.0 Å². The van der Waals surface area contributed by atoms with Crippen LogP contribution in [0.25, 0.3) is 0 Å². The molecule has 1 atom stereocenters. The molecule has 1 saturated heterocycles. The zero-order chi connectivity index (χ0) is 14.4. The monoisotopic (exact) mass is 275 g/mol. The van der Waals surface area contributed by atoms with Crippen LogP contribution in [0.2, 0.25) is 0 Å². The normalized spacial score (nSPS) is 17.9. The van der Waals surface area contributed by atoms with Crippen LogP contribution in [-0.2, 0) is 16.1 Å². The highest BCUT2D eigenvalue weighted by Crippen LogP contribution is 2.19. The Kier molecular flexibility index (Phi) is 4.98. The Balaban J connectivity index is 1.89. The van der Waals surface area contributed by atoms with E-state index in [1.165, 1.54) is 4.90 Å². The molecule has 1 aromatic carbocycles. The van der Waals surface area contributed by atoms with Gasteiger partial charge in [0.05, 0.1) is 0 Å². The van der Waals surface area contributed by atoms with E-state index in [-0.39, 0.29) is 12.5 Å². The van der Waals surface area contributed by atoms with E-state index in [2.05, 4.69) is 12.2 Å². The summed E-state index contributed by atoms with van der Waals surface area (Å²) < 4.78 is 5.26. The number of likely N-dealkylation sites (tertiary alicyclic amines) is 1. The maximum absolute atomic E-state index is 12.0. The molecule has 0 aromatic heterocycles. The van der Waals surface area contributed by atoms with Gasteiger partial charge in [-0.15, -0.1) is 0 Å². The van der Waals surface area contributed by atoms with Gasteiger partial charge in [0, 0.05) is 13.1 Å². The van der Waals surface area contributed by atoms with Crippen LogP contribution < -0.4 is 5.32 Å². The molecule has 0 saturated carbocycles. The van der Waals surface area contributed by atoms with E-state index in [9.17, 15) is 9.59 Å². The predicted octanol–water partition coefficient (Wildman–Crippen LogP) is 1.74. The molecule has 107 valence electrons. The van der Waals surface area contributed by atoms with Gasteiger partial charge in [-0.3, -0.25) is 9.69 Å². The number of hydrogen-bond donors (Lipinski definition) is 1. The standard InChI is InChI=1S/C15H19N2O3/c1-2-16-14(18)13-9-6-10-17(13)15(19)20-11-12-7-4-3-5-8-12/h3-5,7-8,13H,1-2,6,9-11H2,(H,16,18)/t13-/m0/s1. The minimum atomic E-state index is -0.435. The van der Waals surface area contributed by atoms with E-state index in [0.717, 1.165) is 12.0 Å². The molecule has 2 amide bonds. The maximum Gasteiger partial charge on any atom is 0.410 e. The van der Waals surface area contributed by atoms with Crippen LogP contribution in [0.5, 0.6) is 0 Å². The minimum Gasteiger partial charge on any atom is -0.445 e. The Morgan fingerprint density at radius 2 is 2.10 bits per heavy atom. The van der Waals surface area contributed by atoms with Crippen molar-refractivity contribution in [3.63, 3.8) is 0 Å². The summed E-state index contributed by atoms with van der Waals surface area (Å²) in [6.45, 7) is 4.68. The first-order valence-electron chi connectivity index (χ1n) is 6.76. The van der Waals surface area contributed by atoms with Crippen LogP contribution in [0.15, 0.2) is 30.3 Å². The second-order valence-corrected chi connectivity index (χ2v) is 4.68. The maximum atomic E-state index is 12.0. The van der Waals surface area contributed by atoms with Crippen molar-refractivity contribution < 1.29 is 14.3 Å². The first-order valence-corrected chi connectivity index (χ1v) is 6.76. The topological polar surface area (TPSA) is 58.6 Å². The quantitative estimate of drug-likeness (QED) is 0.910. The van der Waals surface area contributed by atoms with Crippen LogP contribution in [0.1, 0.15) is 18.4 Å². The third-order valence-electron chi connectivity index (χ3n) is 3.29. The van der Waals surface area contributed by atoms with Gasteiger partial charge < -0.3 is 10.1 Å². The number of nitrogens with zero attached hydrogens (tertiary/aromatic N) is 1. The number of benzene rings is 1.